The van der Waals surface area contributed by atoms with Crippen molar-refractivity contribution >= 4 is 27.9 Å². The van der Waals surface area contributed by atoms with Gasteiger partial charge in [0, 0.05) is 23.1 Å². The van der Waals surface area contributed by atoms with Crippen molar-refractivity contribution < 1.29 is 19.1 Å². The lowest BCUT2D eigenvalue weighted by molar-refractivity contribution is -0.148. The van der Waals surface area contributed by atoms with Crippen LogP contribution in [0.5, 0.6) is 5.75 Å². The molecule has 7 heteroatoms. The molecule has 1 fully saturated rings. The molecule has 0 radical (unpaired) electrons. The second-order valence-corrected chi connectivity index (χ2v) is 6.54. The fraction of sp³-hybridized carbons (Fsp3) is 0.529. The molecule has 6 nitrogen and oxygen atoms in total. The number of nitrogens with zero attached hydrogens (tertiary/aromatic N) is 2. The van der Waals surface area contributed by atoms with Crippen molar-refractivity contribution in [3.05, 3.63) is 27.7 Å². The van der Waals surface area contributed by atoms with Gasteiger partial charge in [-0.3, -0.25) is 4.79 Å². The Morgan fingerprint density at radius 1 is 1.21 bits per heavy atom. The van der Waals surface area contributed by atoms with Crippen molar-refractivity contribution in [2.45, 2.75) is 33.1 Å². The van der Waals surface area contributed by atoms with Gasteiger partial charge in [0.2, 0.25) is 5.91 Å². The standard InChI is InChI=1S/C17H23BrN2O4/c1-4-24-17(22)20-8-6-5-7-19(20)16(21)11-14-12(2)9-13(18)10-15(14)23-3/h9-10H,4-8,11H2,1-3H3. The van der Waals surface area contributed by atoms with Crippen LogP contribution >= 0.6 is 15.9 Å². The van der Waals surface area contributed by atoms with Gasteiger partial charge in [0.1, 0.15) is 5.75 Å². The van der Waals surface area contributed by atoms with Gasteiger partial charge >= 0.3 is 6.09 Å². The Morgan fingerprint density at radius 3 is 2.50 bits per heavy atom. The van der Waals surface area contributed by atoms with Crippen molar-refractivity contribution in [2.75, 3.05) is 26.8 Å². The number of hydrogen-bond donors (Lipinski definition) is 0. The van der Waals surface area contributed by atoms with E-state index in [0.717, 1.165) is 28.4 Å². The lowest BCUT2D eigenvalue weighted by atomic mass is 10.0. The maximum atomic E-state index is 12.8. The van der Waals surface area contributed by atoms with E-state index in [9.17, 15) is 9.59 Å². The van der Waals surface area contributed by atoms with E-state index in [1.165, 1.54) is 10.0 Å². The molecule has 2 amide bonds. The van der Waals surface area contributed by atoms with Gasteiger partial charge in [-0.15, -0.1) is 0 Å². The van der Waals surface area contributed by atoms with Crippen molar-refractivity contribution in [3.8, 4) is 5.75 Å². The minimum atomic E-state index is -0.468. The molecule has 0 unspecified atom stereocenters. The van der Waals surface area contributed by atoms with Crippen molar-refractivity contribution in [3.63, 3.8) is 0 Å². The molecular formula is C17H23BrN2O4. The molecule has 1 aromatic rings. The maximum Gasteiger partial charge on any atom is 0.428 e. The van der Waals surface area contributed by atoms with Crippen LogP contribution in [0.1, 0.15) is 30.9 Å². The number of carbonyl (C=O) groups is 2. The second-order valence-electron chi connectivity index (χ2n) is 5.63. The number of rotatable bonds is 4. The Morgan fingerprint density at radius 2 is 1.88 bits per heavy atom. The summed E-state index contributed by atoms with van der Waals surface area (Å²) in [5, 5.41) is 2.92. The van der Waals surface area contributed by atoms with E-state index in [0.29, 0.717) is 18.8 Å². The molecule has 0 aliphatic carbocycles. The van der Waals surface area contributed by atoms with Crippen molar-refractivity contribution in [2.24, 2.45) is 0 Å². The quantitative estimate of drug-likeness (QED) is 0.780. The van der Waals surface area contributed by atoms with Gasteiger partial charge in [-0.25, -0.2) is 14.8 Å². The SMILES string of the molecule is CCOC(=O)N1CCCCN1C(=O)Cc1c(C)cc(Br)cc1OC. The lowest BCUT2D eigenvalue weighted by Crippen LogP contribution is -2.53. The molecule has 0 saturated carbocycles. The number of hydrogen-bond acceptors (Lipinski definition) is 4. The Kier molecular flexibility index (Phi) is 6.48. The van der Waals surface area contributed by atoms with Crippen LogP contribution in [0.4, 0.5) is 4.79 Å². The number of halogens is 1. The summed E-state index contributed by atoms with van der Waals surface area (Å²) in [4.78, 5) is 24.9. The van der Waals surface area contributed by atoms with Crippen molar-refractivity contribution in [1.82, 2.24) is 10.0 Å². The Bertz CT molecular complexity index is 621. The molecule has 1 aliphatic heterocycles. The third-order valence-electron chi connectivity index (χ3n) is 3.99. The van der Waals surface area contributed by atoms with Gasteiger partial charge in [0.15, 0.2) is 0 Å². The van der Waals surface area contributed by atoms with Crippen LogP contribution in [0.2, 0.25) is 0 Å². The number of hydrazine groups is 1. The van der Waals surface area contributed by atoms with E-state index < -0.39 is 6.09 Å². The van der Waals surface area contributed by atoms with Crippen LogP contribution in [0.15, 0.2) is 16.6 Å². The van der Waals surface area contributed by atoms with Crippen LogP contribution in [-0.2, 0) is 16.0 Å². The molecule has 1 saturated heterocycles. The first-order chi connectivity index (χ1) is 11.5. The zero-order valence-electron chi connectivity index (χ0n) is 14.3. The first-order valence-electron chi connectivity index (χ1n) is 8.05. The zero-order valence-corrected chi connectivity index (χ0v) is 15.9. The predicted octanol–water partition coefficient (Wildman–Crippen LogP) is 3.30. The molecular weight excluding hydrogens is 376 g/mol. The number of methoxy groups -OCH3 is 1. The summed E-state index contributed by atoms with van der Waals surface area (Å²) in [6.45, 7) is 5.01. The van der Waals surface area contributed by atoms with E-state index in [4.69, 9.17) is 9.47 Å². The molecule has 0 aromatic heterocycles. The Hall–Kier alpha value is -1.76. The summed E-state index contributed by atoms with van der Waals surface area (Å²) >= 11 is 3.43. The van der Waals surface area contributed by atoms with E-state index in [-0.39, 0.29) is 18.9 Å². The fourth-order valence-corrected chi connectivity index (χ4v) is 3.36. The molecule has 0 bridgehead atoms. The topological polar surface area (TPSA) is 59.1 Å². The van der Waals surface area contributed by atoms with Gasteiger partial charge in [-0.2, -0.15) is 0 Å². The highest BCUT2D eigenvalue weighted by Crippen LogP contribution is 2.28. The monoisotopic (exact) mass is 398 g/mol. The third-order valence-corrected chi connectivity index (χ3v) is 4.45. The largest absolute Gasteiger partial charge is 0.496 e. The maximum absolute atomic E-state index is 12.8. The number of carbonyl (C=O) groups excluding carboxylic acids is 2. The average molecular weight is 399 g/mol. The highest BCUT2D eigenvalue weighted by atomic mass is 79.9. The van der Waals surface area contributed by atoms with Gasteiger partial charge in [-0.1, -0.05) is 15.9 Å². The van der Waals surface area contributed by atoms with Gasteiger partial charge < -0.3 is 9.47 Å². The normalized spacial score (nSPS) is 14.5. The number of ether oxygens (including phenoxy) is 2. The molecule has 1 aromatic carbocycles. The number of aryl methyl sites for hydroxylation is 1. The molecule has 0 spiro atoms. The predicted molar refractivity (Wildman–Crippen MR) is 93.8 cm³/mol. The highest BCUT2D eigenvalue weighted by molar-refractivity contribution is 9.10. The highest BCUT2D eigenvalue weighted by Gasteiger charge is 2.30. The molecule has 1 heterocycles. The van der Waals surface area contributed by atoms with Crippen LogP contribution in [0, 0.1) is 6.92 Å². The fourth-order valence-electron chi connectivity index (χ4n) is 2.81. The average Bonchev–Trinajstić information content (AvgIpc) is 2.57. The molecule has 1 aliphatic rings. The summed E-state index contributed by atoms with van der Waals surface area (Å²) in [5.74, 6) is 0.529. The third kappa shape index (κ3) is 4.20. The zero-order chi connectivity index (χ0) is 17.7. The molecule has 132 valence electrons. The molecule has 0 N–H and O–H groups in total. The molecule has 24 heavy (non-hydrogen) atoms. The molecule has 2 rings (SSSR count). The van der Waals surface area contributed by atoms with Crippen LogP contribution in [0.25, 0.3) is 0 Å². The van der Waals surface area contributed by atoms with Crippen LogP contribution in [0.3, 0.4) is 0 Å². The molecule has 0 atom stereocenters. The van der Waals surface area contributed by atoms with Crippen LogP contribution < -0.4 is 4.74 Å². The second kappa shape index (κ2) is 8.37. The van der Waals surface area contributed by atoms with E-state index in [1.807, 2.05) is 19.1 Å². The van der Waals surface area contributed by atoms with E-state index in [1.54, 1.807) is 14.0 Å². The van der Waals surface area contributed by atoms with Gasteiger partial charge in [0.05, 0.1) is 20.1 Å². The first-order valence-corrected chi connectivity index (χ1v) is 8.84. The summed E-state index contributed by atoms with van der Waals surface area (Å²) in [7, 11) is 1.58. The summed E-state index contributed by atoms with van der Waals surface area (Å²) in [6, 6.07) is 3.79. The number of amides is 2. The van der Waals surface area contributed by atoms with Gasteiger partial charge in [-0.05, 0) is 44.4 Å². The Labute approximate surface area is 150 Å². The minimum absolute atomic E-state index is 0.133. The lowest BCUT2D eigenvalue weighted by Gasteiger charge is -2.37. The summed E-state index contributed by atoms with van der Waals surface area (Å²) < 4.78 is 11.4. The smallest absolute Gasteiger partial charge is 0.428 e. The van der Waals surface area contributed by atoms with Crippen LogP contribution in [-0.4, -0.2) is 48.8 Å². The minimum Gasteiger partial charge on any atom is -0.496 e. The van der Waals surface area contributed by atoms with E-state index in [2.05, 4.69) is 15.9 Å². The van der Waals surface area contributed by atoms with E-state index >= 15 is 0 Å². The summed E-state index contributed by atoms with van der Waals surface area (Å²) in [6.07, 6.45) is 1.45. The van der Waals surface area contributed by atoms with Crippen molar-refractivity contribution in [1.29, 1.82) is 0 Å². The first kappa shape index (κ1) is 18.6. The summed E-state index contributed by atoms with van der Waals surface area (Å²) in [5.41, 5.74) is 1.80. The Balaban J connectivity index is 2.20. The van der Waals surface area contributed by atoms with Gasteiger partial charge in [0.25, 0.3) is 0 Å². The number of benzene rings is 1.